The van der Waals surface area contributed by atoms with Gasteiger partial charge in [-0.25, -0.2) is 0 Å². The molecule has 4 aromatic carbocycles. The Morgan fingerprint density at radius 2 is 1.77 bits per heavy atom. The van der Waals surface area contributed by atoms with Gasteiger partial charge in [-0.15, -0.1) is 0 Å². The fraction of sp³-hybridized carbons (Fsp3) is 0.395. The standard InChI is InChI=1S/C43H48N6O3/c1-28-23-29(27-47-18-20-48(21-19-47)35-16-12-33(26-44)38(25-35)30-10-14-34(46-2)15-11-30)8-9-31(28)24-32-13-17-39-41-36(32)5-3-6-37(41)43(52)49(39)40(42(45)51)7-4-22-50/h3,5-6,8-9,12-13,16-17,22-23,25,30,34,40,46H,4,7,10-11,14-15,18-21,24,27H2,1-2H3,(H2,45,51)/t30?,34?,40-/m0/s1. The number of hydrogen-bond acceptors (Lipinski definition) is 7. The van der Waals surface area contributed by atoms with Gasteiger partial charge in [-0.2, -0.15) is 5.26 Å². The number of carbonyl (C=O) groups excluding carboxylic acids is 3. The van der Waals surface area contributed by atoms with Crippen molar-refractivity contribution in [3.8, 4) is 6.07 Å². The molecular formula is C43H48N6O3. The lowest BCUT2D eigenvalue weighted by atomic mass is 9.80. The van der Waals surface area contributed by atoms with Gasteiger partial charge in [0.2, 0.25) is 5.91 Å². The maximum Gasteiger partial charge on any atom is 0.259 e. The van der Waals surface area contributed by atoms with E-state index < -0.39 is 11.9 Å². The highest BCUT2D eigenvalue weighted by Crippen LogP contribution is 2.41. The number of anilines is 2. The fourth-order valence-corrected chi connectivity index (χ4v) is 8.72. The molecule has 9 heteroatoms. The SMILES string of the molecule is CNC1CCC(c2cc(N3CCN(Cc4ccc(Cc5ccc6c7c(cccc57)C(=O)N6[C@@H](CCC=O)C(N)=O)c(C)c4)CC3)ccc2C#N)CC1. The normalized spacial score (nSPS) is 19.5. The van der Waals surface area contributed by atoms with Gasteiger partial charge < -0.3 is 20.7 Å². The van der Waals surface area contributed by atoms with Crippen LogP contribution in [0.25, 0.3) is 10.8 Å². The Labute approximate surface area is 306 Å². The molecule has 268 valence electrons. The second-order valence-corrected chi connectivity index (χ2v) is 14.7. The molecule has 1 aliphatic carbocycles. The first kappa shape index (κ1) is 35.4. The molecule has 1 saturated heterocycles. The van der Waals surface area contributed by atoms with E-state index in [1.807, 2.05) is 37.4 Å². The third-order valence-corrected chi connectivity index (χ3v) is 11.7. The lowest BCUT2D eigenvalue weighted by Gasteiger charge is -2.37. The molecule has 2 fully saturated rings. The minimum atomic E-state index is -0.876. The van der Waals surface area contributed by atoms with E-state index in [4.69, 9.17) is 5.73 Å². The minimum Gasteiger partial charge on any atom is -0.369 e. The van der Waals surface area contributed by atoms with Crippen LogP contribution in [0, 0.1) is 18.3 Å². The maximum absolute atomic E-state index is 13.5. The molecule has 9 nitrogen and oxygen atoms in total. The Balaban J connectivity index is 1.01. The summed E-state index contributed by atoms with van der Waals surface area (Å²) < 4.78 is 0. The van der Waals surface area contributed by atoms with Crippen molar-refractivity contribution in [1.82, 2.24) is 10.2 Å². The number of nitrogens with zero attached hydrogens (tertiary/aromatic N) is 4. The van der Waals surface area contributed by atoms with Crippen LogP contribution >= 0.6 is 0 Å². The Hall–Kier alpha value is -5.04. The number of piperazine rings is 1. The second-order valence-electron chi connectivity index (χ2n) is 14.7. The smallest absolute Gasteiger partial charge is 0.259 e. The van der Waals surface area contributed by atoms with Crippen LogP contribution in [-0.4, -0.2) is 68.3 Å². The molecule has 0 aromatic heterocycles. The van der Waals surface area contributed by atoms with Crippen LogP contribution in [0.15, 0.2) is 66.7 Å². The van der Waals surface area contributed by atoms with Crippen LogP contribution in [0.2, 0.25) is 0 Å². The third kappa shape index (κ3) is 6.93. The van der Waals surface area contributed by atoms with Gasteiger partial charge in [-0.3, -0.25) is 19.4 Å². The number of carbonyl (C=O) groups is 3. The molecule has 7 rings (SSSR count). The zero-order valence-corrected chi connectivity index (χ0v) is 30.2. The van der Waals surface area contributed by atoms with E-state index in [9.17, 15) is 19.6 Å². The molecule has 1 atom stereocenters. The molecular weight excluding hydrogens is 649 g/mol. The van der Waals surface area contributed by atoms with Gasteiger partial charge in [-0.1, -0.05) is 36.4 Å². The molecule has 52 heavy (non-hydrogen) atoms. The number of aryl methyl sites for hydroxylation is 1. The first-order valence-corrected chi connectivity index (χ1v) is 18.7. The molecule has 3 N–H and O–H groups in total. The summed E-state index contributed by atoms with van der Waals surface area (Å²) in [6.45, 7) is 6.93. The average Bonchev–Trinajstić information content (AvgIpc) is 3.45. The first-order valence-electron chi connectivity index (χ1n) is 18.7. The van der Waals surface area contributed by atoms with Gasteiger partial charge in [0.05, 0.1) is 17.3 Å². The van der Waals surface area contributed by atoms with Crippen LogP contribution in [0.1, 0.15) is 88.2 Å². The lowest BCUT2D eigenvalue weighted by molar-refractivity contribution is -0.119. The van der Waals surface area contributed by atoms with Crippen molar-refractivity contribution >= 4 is 40.2 Å². The van der Waals surface area contributed by atoms with E-state index >= 15 is 0 Å². The summed E-state index contributed by atoms with van der Waals surface area (Å²) in [6, 6.07) is 25.1. The fourth-order valence-electron chi connectivity index (χ4n) is 8.72. The maximum atomic E-state index is 13.5. The largest absolute Gasteiger partial charge is 0.369 e. The minimum absolute atomic E-state index is 0.151. The Bertz CT molecular complexity index is 2040. The number of primary amides is 1. The van der Waals surface area contributed by atoms with Crippen LogP contribution < -0.4 is 20.9 Å². The molecule has 2 heterocycles. The third-order valence-electron chi connectivity index (χ3n) is 11.7. The first-order chi connectivity index (χ1) is 25.3. The number of hydrogen-bond donors (Lipinski definition) is 2. The number of rotatable bonds is 12. The summed E-state index contributed by atoms with van der Waals surface area (Å²) in [5.74, 6) is -0.409. The summed E-state index contributed by atoms with van der Waals surface area (Å²) in [4.78, 5) is 43.5. The van der Waals surface area contributed by atoms with E-state index in [2.05, 4.69) is 58.4 Å². The van der Waals surface area contributed by atoms with Crippen LogP contribution in [-0.2, 0) is 22.6 Å². The summed E-state index contributed by atoms with van der Waals surface area (Å²) in [5, 5.41) is 15.1. The highest BCUT2D eigenvalue weighted by molar-refractivity contribution is 6.27. The van der Waals surface area contributed by atoms with Gasteiger partial charge in [0.1, 0.15) is 12.3 Å². The lowest BCUT2D eigenvalue weighted by Crippen LogP contribution is -2.46. The molecule has 0 unspecified atom stereocenters. The summed E-state index contributed by atoms with van der Waals surface area (Å²) in [5.41, 5.74) is 15.1. The zero-order chi connectivity index (χ0) is 36.4. The summed E-state index contributed by atoms with van der Waals surface area (Å²) >= 11 is 0. The molecule has 4 aromatic rings. The number of nitrogens with two attached hydrogens (primary N) is 1. The Morgan fingerprint density at radius 1 is 1.00 bits per heavy atom. The van der Waals surface area contributed by atoms with Gasteiger partial charge in [0.15, 0.2) is 0 Å². The predicted molar refractivity (Wildman–Crippen MR) is 206 cm³/mol. The topological polar surface area (TPSA) is 123 Å². The molecule has 0 radical (unpaired) electrons. The molecule has 0 bridgehead atoms. The van der Waals surface area contributed by atoms with Crippen molar-refractivity contribution in [2.24, 2.45) is 5.73 Å². The quantitative estimate of drug-likeness (QED) is 0.175. The highest BCUT2D eigenvalue weighted by atomic mass is 16.2. The van der Waals surface area contributed by atoms with Crippen LogP contribution in [0.3, 0.4) is 0 Å². The molecule has 1 saturated carbocycles. The average molecular weight is 697 g/mol. The zero-order valence-electron chi connectivity index (χ0n) is 30.2. The molecule has 0 spiro atoms. The van der Waals surface area contributed by atoms with Crippen molar-refractivity contribution in [3.63, 3.8) is 0 Å². The van der Waals surface area contributed by atoms with Gasteiger partial charge >= 0.3 is 0 Å². The van der Waals surface area contributed by atoms with Crippen molar-refractivity contribution in [1.29, 1.82) is 5.26 Å². The van der Waals surface area contributed by atoms with E-state index in [0.717, 1.165) is 86.6 Å². The van der Waals surface area contributed by atoms with Crippen LogP contribution in [0.5, 0.6) is 0 Å². The number of nitriles is 1. The van der Waals surface area contributed by atoms with Gasteiger partial charge in [0, 0.05) is 61.8 Å². The number of amides is 2. The summed E-state index contributed by atoms with van der Waals surface area (Å²) in [7, 11) is 2.05. The van der Waals surface area contributed by atoms with Crippen molar-refractivity contribution in [2.75, 3.05) is 43.0 Å². The molecule has 2 aliphatic heterocycles. The van der Waals surface area contributed by atoms with E-state index in [-0.39, 0.29) is 18.7 Å². The predicted octanol–water partition coefficient (Wildman–Crippen LogP) is 5.97. The Kier molecular flexibility index (Phi) is 10.4. The number of aldehydes is 1. The highest BCUT2D eigenvalue weighted by Gasteiger charge is 2.37. The summed E-state index contributed by atoms with van der Waals surface area (Å²) in [6.07, 6.45) is 6.38. The van der Waals surface area contributed by atoms with Crippen LogP contribution in [0.4, 0.5) is 11.4 Å². The van der Waals surface area contributed by atoms with E-state index in [1.54, 1.807) is 6.07 Å². The van der Waals surface area contributed by atoms with E-state index in [0.29, 0.717) is 29.6 Å². The van der Waals surface area contributed by atoms with Gasteiger partial charge in [-0.05, 0) is 122 Å². The van der Waals surface area contributed by atoms with Gasteiger partial charge in [0.25, 0.3) is 5.91 Å². The Morgan fingerprint density at radius 3 is 2.46 bits per heavy atom. The molecule has 3 aliphatic rings. The molecule has 2 amide bonds. The van der Waals surface area contributed by atoms with Crippen molar-refractivity contribution in [2.45, 2.75) is 76.4 Å². The second kappa shape index (κ2) is 15.3. The monoisotopic (exact) mass is 696 g/mol. The van der Waals surface area contributed by atoms with Crippen molar-refractivity contribution < 1.29 is 14.4 Å². The van der Waals surface area contributed by atoms with Crippen molar-refractivity contribution in [3.05, 3.63) is 106 Å². The van der Waals surface area contributed by atoms with E-state index in [1.165, 1.54) is 32.8 Å². The number of benzene rings is 4. The number of nitrogens with one attached hydrogen (secondary N) is 1.